The Labute approximate surface area is 105 Å². The number of carboxylic acid groups (broad SMARTS) is 2. The summed E-state index contributed by atoms with van der Waals surface area (Å²) in [6.45, 7) is 0. The maximum Gasteiger partial charge on any atom is 0.310 e. The van der Waals surface area contributed by atoms with E-state index in [0.717, 1.165) is 16.7 Å². The van der Waals surface area contributed by atoms with Crippen LogP contribution in [0.1, 0.15) is 19.3 Å². The van der Waals surface area contributed by atoms with Crippen LogP contribution in [0.2, 0.25) is 0 Å². The van der Waals surface area contributed by atoms with Crippen molar-refractivity contribution in [2.75, 3.05) is 0 Å². The van der Waals surface area contributed by atoms with Crippen LogP contribution in [0, 0.1) is 5.92 Å². The van der Waals surface area contributed by atoms with Gasteiger partial charge in [-0.05, 0) is 29.6 Å². The van der Waals surface area contributed by atoms with Crippen molar-refractivity contribution in [2.45, 2.75) is 19.3 Å². The van der Waals surface area contributed by atoms with E-state index >= 15 is 0 Å². The van der Waals surface area contributed by atoms with Crippen LogP contribution in [-0.2, 0) is 9.59 Å². The summed E-state index contributed by atoms with van der Waals surface area (Å²) in [6.07, 6.45) is 10.2. The third-order valence-electron chi connectivity index (χ3n) is 3.16. The Morgan fingerprint density at radius 1 is 1.17 bits per heavy atom. The van der Waals surface area contributed by atoms with Gasteiger partial charge in [0.25, 0.3) is 0 Å². The zero-order valence-electron chi connectivity index (χ0n) is 9.80. The molecular weight excluding hydrogens is 232 g/mol. The highest BCUT2D eigenvalue weighted by Gasteiger charge is 2.28. The molecule has 2 rings (SSSR count). The van der Waals surface area contributed by atoms with Crippen molar-refractivity contribution in [3.05, 3.63) is 47.1 Å². The molecule has 0 bridgehead atoms. The number of allylic oxidation sites excluding steroid dienone is 7. The molecule has 0 aliphatic heterocycles. The molecule has 18 heavy (non-hydrogen) atoms. The predicted molar refractivity (Wildman–Crippen MR) is 66.0 cm³/mol. The predicted octanol–water partition coefficient (Wildman–Crippen LogP) is 2.30. The van der Waals surface area contributed by atoms with E-state index in [1.54, 1.807) is 0 Å². The number of hydrogen-bond acceptors (Lipinski definition) is 2. The lowest BCUT2D eigenvalue weighted by molar-refractivity contribution is -0.141. The second-order valence-corrected chi connectivity index (χ2v) is 4.36. The first kappa shape index (κ1) is 12.4. The van der Waals surface area contributed by atoms with Crippen molar-refractivity contribution in [3.8, 4) is 0 Å². The van der Waals surface area contributed by atoms with E-state index in [-0.39, 0.29) is 6.42 Å². The molecule has 0 saturated heterocycles. The lowest BCUT2D eigenvalue weighted by Crippen LogP contribution is -2.17. The summed E-state index contributed by atoms with van der Waals surface area (Å²) in [6, 6.07) is 0. The van der Waals surface area contributed by atoms with Gasteiger partial charge in [-0.15, -0.1) is 0 Å². The molecule has 2 N–H and O–H groups in total. The van der Waals surface area contributed by atoms with Crippen molar-refractivity contribution in [2.24, 2.45) is 5.92 Å². The van der Waals surface area contributed by atoms with E-state index in [1.165, 1.54) is 0 Å². The van der Waals surface area contributed by atoms with E-state index in [4.69, 9.17) is 5.11 Å². The normalized spacial score (nSPS) is 17.9. The summed E-state index contributed by atoms with van der Waals surface area (Å²) in [7, 11) is 0. The van der Waals surface area contributed by atoms with Crippen LogP contribution >= 0.6 is 0 Å². The Kier molecular flexibility index (Phi) is 3.46. The highest BCUT2D eigenvalue weighted by molar-refractivity contribution is 5.79. The molecule has 0 radical (unpaired) electrons. The van der Waals surface area contributed by atoms with Gasteiger partial charge in [-0.3, -0.25) is 9.59 Å². The Bertz CT molecular complexity index is 506. The van der Waals surface area contributed by atoms with Gasteiger partial charge in [0.1, 0.15) is 0 Å². The van der Waals surface area contributed by atoms with E-state index in [0.29, 0.717) is 12.8 Å². The Morgan fingerprint density at radius 2 is 1.94 bits per heavy atom. The molecule has 94 valence electrons. The monoisotopic (exact) mass is 246 g/mol. The molecule has 0 amide bonds. The molecule has 1 atom stereocenters. The van der Waals surface area contributed by atoms with Crippen LogP contribution in [-0.4, -0.2) is 22.2 Å². The lowest BCUT2D eigenvalue weighted by atomic mass is 9.89. The summed E-state index contributed by atoms with van der Waals surface area (Å²) in [5.74, 6) is -2.40. The van der Waals surface area contributed by atoms with Crippen molar-refractivity contribution in [3.63, 3.8) is 0 Å². The molecule has 0 aromatic rings. The summed E-state index contributed by atoms with van der Waals surface area (Å²) in [5, 5.41) is 17.8. The molecule has 4 heteroatoms. The van der Waals surface area contributed by atoms with Gasteiger partial charge in [-0.2, -0.15) is 0 Å². The Morgan fingerprint density at radius 3 is 2.61 bits per heavy atom. The third-order valence-corrected chi connectivity index (χ3v) is 3.16. The van der Waals surface area contributed by atoms with Crippen LogP contribution in [0.3, 0.4) is 0 Å². The van der Waals surface area contributed by atoms with Crippen molar-refractivity contribution in [1.82, 2.24) is 0 Å². The maximum absolute atomic E-state index is 11.3. The molecule has 0 heterocycles. The first-order valence-corrected chi connectivity index (χ1v) is 5.85. The second kappa shape index (κ2) is 5.04. The minimum Gasteiger partial charge on any atom is -0.481 e. The quantitative estimate of drug-likeness (QED) is 0.754. The summed E-state index contributed by atoms with van der Waals surface area (Å²) < 4.78 is 0. The maximum atomic E-state index is 11.3. The van der Waals surface area contributed by atoms with Gasteiger partial charge >= 0.3 is 11.9 Å². The molecule has 0 spiro atoms. The molecule has 2 aliphatic carbocycles. The molecule has 0 fully saturated rings. The Balaban J connectivity index is 2.04. The summed E-state index contributed by atoms with van der Waals surface area (Å²) in [4.78, 5) is 21.8. The zero-order valence-corrected chi connectivity index (χ0v) is 9.80. The third kappa shape index (κ3) is 2.42. The van der Waals surface area contributed by atoms with Gasteiger partial charge in [0.2, 0.25) is 0 Å². The first-order valence-electron chi connectivity index (χ1n) is 5.85. The Hall–Kier alpha value is -2.10. The number of rotatable bonds is 6. The zero-order chi connectivity index (χ0) is 13.1. The topological polar surface area (TPSA) is 74.6 Å². The van der Waals surface area contributed by atoms with Gasteiger partial charge in [-0.1, -0.05) is 30.4 Å². The van der Waals surface area contributed by atoms with E-state index in [9.17, 15) is 14.7 Å². The number of carbonyl (C=O) groups is 2. The van der Waals surface area contributed by atoms with Crippen LogP contribution in [0.25, 0.3) is 0 Å². The lowest BCUT2D eigenvalue weighted by Gasteiger charge is -2.15. The summed E-state index contributed by atoms with van der Waals surface area (Å²) >= 11 is 0. The standard InChI is InChI=1S/C14H14O4/c15-13(16)6-2-5-12(14(17)18)11-8-7-9-3-1-4-10(9)11/h1,3-4,7-8,12H,2,5-6H2,(H,15,16)(H,17,18). The molecule has 4 nitrogen and oxygen atoms in total. The minimum atomic E-state index is -0.894. The van der Waals surface area contributed by atoms with Crippen LogP contribution < -0.4 is 0 Å². The molecule has 0 aromatic heterocycles. The van der Waals surface area contributed by atoms with Gasteiger partial charge in [0.15, 0.2) is 0 Å². The first-order chi connectivity index (χ1) is 8.59. The fourth-order valence-electron chi connectivity index (χ4n) is 2.28. The SMILES string of the molecule is O=C(O)CCCC(C(=O)O)C1=CC=C2C=CC=C21. The van der Waals surface area contributed by atoms with Crippen LogP contribution in [0.4, 0.5) is 0 Å². The van der Waals surface area contributed by atoms with Gasteiger partial charge in [0.05, 0.1) is 5.92 Å². The summed E-state index contributed by atoms with van der Waals surface area (Å²) in [5.41, 5.74) is 2.78. The second-order valence-electron chi connectivity index (χ2n) is 4.36. The van der Waals surface area contributed by atoms with E-state index in [2.05, 4.69) is 0 Å². The average Bonchev–Trinajstić information content (AvgIpc) is 2.86. The van der Waals surface area contributed by atoms with Crippen molar-refractivity contribution in [1.29, 1.82) is 0 Å². The van der Waals surface area contributed by atoms with Crippen LogP contribution in [0.15, 0.2) is 47.1 Å². The molecule has 1 unspecified atom stereocenters. The van der Waals surface area contributed by atoms with Crippen LogP contribution in [0.5, 0.6) is 0 Å². The fraction of sp³-hybridized carbons (Fsp3) is 0.286. The van der Waals surface area contributed by atoms with E-state index < -0.39 is 17.9 Å². The molecule has 2 aliphatic rings. The molecule has 0 saturated carbocycles. The van der Waals surface area contributed by atoms with E-state index in [1.807, 2.05) is 30.4 Å². The van der Waals surface area contributed by atoms with Gasteiger partial charge in [0, 0.05) is 6.42 Å². The molecular formula is C14H14O4. The average molecular weight is 246 g/mol. The highest BCUT2D eigenvalue weighted by Crippen LogP contribution is 2.37. The largest absolute Gasteiger partial charge is 0.481 e. The number of carboxylic acids is 2. The van der Waals surface area contributed by atoms with Gasteiger partial charge < -0.3 is 10.2 Å². The smallest absolute Gasteiger partial charge is 0.310 e. The highest BCUT2D eigenvalue weighted by atomic mass is 16.4. The van der Waals surface area contributed by atoms with Crippen molar-refractivity contribution < 1.29 is 19.8 Å². The molecule has 0 aromatic carbocycles. The number of fused-ring (bicyclic) bond motifs is 1. The minimum absolute atomic E-state index is 0.00857. The number of hydrogen-bond donors (Lipinski definition) is 2. The van der Waals surface area contributed by atoms with Crippen molar-refractivity contribution >= 4 is 11.9 Å². The number of aliphatic carboxylic acids is 2. The van der Waals surface area contributed by atoms with Gasteiger partial charge in [-0.25, -0.2) is 0 Å². The fourth-order valence-corrected chi connectivity index (χ4v) is 2.28.